The number of benzene rings is 2. The predicted octanol–water partition coefficient (Wildman–Crippen LogP) is 0.167. The quantitative estimate of drug-likeness (QED) is 0.746. The summed E-state index contributed by atoms with van der Waals surface area (Å²) < 4.78 is 5.72. The van der Waals surface area contributed by atoms with Crippen molar-refractivity contribution in [1.29, 1.82) is 0 Å². The van der Waals surface area contributed by atoms with E-state index in [4.69, 9.17) is 4.74 Å². The number of ether oxygens (including phenoxy) is 1. The number of hydrogen-bond acceptors (Lipinski definition) is 5. The molecule has 0 amide bonds. The zero-order chi connectivity index (χ0) is 19.7. The summed E-state index contributed by atoms with van der Waals surface area (Å²) >= 11 is 0. The van der Waals surface area contributed by atoms with Crippen molar-refractivity contribution in [1.82, 2.24) is 4.90 Å². The molecule has 6 nitrogen and oxygen atoms in total. The molecule has 1 fully saturated rings. The molecular weight excluding hydrogens is 356 g/mol. The molecule has 0 saturated carbocycles. The van der Waals surface area contributed by atoms with Gasteiger partial charge in [-0.25, -0.2) is 0 Å². The van der Waals surface area contributed by atoms with E-state index >= 15 is 0 Å². The normalized spacial score (nSPS) is 21.8. The molecule has 6 heteroatoms. The Kier molecular flexibility index (Phi) is 5.15. The summed E-state index contributed by atoms with van der Waals surface area (Å²) in [5.74, 6) is -1.57. The Morgan fingerprint density at radius 3 is 2.29 bits per heavy atom. The molecule has 1 saturated heterocycles. The smallest absolute Gasteiger partial charge is 0.323 e. The molecule has 0 radical (unpaired) electrons. The average molecular weight is 380 g/mol. The Morgan fingerprint density at radius 2 is 1.68 bits per heavy atom. The van der Waals surface area contributed by atoms with Gasteiger partial charge in [-0.3, -0.25) is 9.69 Å². The molecule has 4 rings (SSSR count). The van der Waals surface area contributed by atoms with Crippen LogP contribution in [-0.2, 0) is 14.3 Å². The lowest BCUT2D eigenvalue weighted by Crippen LogP contribution is -2.67. The second-order valence-corrected chi connectivity index (χ2v) is 7.61. The molecule has 2 aromatic rings. The van der Waals surface area contributed by atoms with Gasteiger partial charge in [-0.1, -0.05) is 48.5 Å². The van der Waals surface area contributed by atoms with Crippen LogP contribution in [0.5, 0.6) is 0 Å². The molecule has 3 N–H and O–H groups in total. The number of nitrogens with zero attached hydrogens (tertiary/aromatic N) is 1. The molecule has 0 spiro atoms. The second kappa shape index (κ2) is 7.73. The molecule has 2 aromatic carbocycles. The Labute approximate surface area is 163 Å². The molecular formula is C22H24N2O4. The highest BCUT2D eigenvalue weighted by Crippen LogP contribution is 2.44. The zero-order valence-electron chi connectivity index (χ0n) is 15.7. The number of esters is 1. The fourth-order valence-electron chi connectivity index (χ4n) is 4.39. The van der Waals surface area contributed by atoms with Crippen molar-refractivity contribution in [3.63, 3.8) is 0 Å². The van der Waals surface area contributed by atoms with Gasteiger partial charge in [0.1, 0.15) is 12.6 Å². The predicted molar refractivity (Wildman–Crippen MR) is 101 cm³/mol. The number of carboxylic acids is 1. The number of rotatable bonds is 5. The minimum Gasteiger partial charge on any atom is -0.549 e. The number of carbonyl (C=O) groups is 2. The van der Waals surface area contributed by atoms with Crippen LogP contribution in [0.25, 0.3) is 11.1 Å². The van der Waals surface area contributed by atoms with E-state index in [0.717, 1.165) is 17.5 Å². The fraction of sp³-hybridized carbons (Fsp3) is 0.364. The number of quaternary nitrogens is 1. The van der Waals surface area contributed by atoms with Crippen molar-refractivity contribution in [3.8, 4) is 11.1 Å². The van der Waals surface area contributed by atoms with E-state index in [-0.39, 0.29) is 31.1 Å². The van der Waals surface area contributed by atoms with Gasteiger partial charge in [-0.2, -0.15) is 0 Å². The maximum absolute atomic E-state index is 12.8. The number of likely N-dealkylation sites (tertiary alicyclic amines) is 1. The van der Waals surface area contributed by atoms with E-state index < -0.39 is 12.0 Å². The Bertz CT molecular complexity index is 852. The maximum Gasteiger partial charge on any atom is 0.323 e. The highest BCUT2D eigenvalue weighted by Gasteiger charge is 2.36. The van der Waals surface area contributed by atoms with Crippen molar-refractivity contribution >= 4 is 11.9 Å². The first-order valence-corrected chi connectivity index (χ1v) is 9.66. The Morgan fingerprint density at radius 1 is 1.07 bits per heavy atom. The van der Waals surface area contributed by atoms with E-state index in [1.165, 1.54) is 11.1 Å². The zero-order valence-corrected chi connectivity index (χ0v) is 15.7. The van der Waals surface area contributed by atoms with Crippen LogP contribution in [0, 0.1) is 0 Å². The van der Waals surface area contributed by atoms with Gasteiger partial charge in [-0.05, 0) is 22.3 Å². The van der Waals surface area contributed by atoms with Gasteiger partial charge in [-0.15, -0.1) is 0 Å². The molecule has 0 bridgehead atoms. The van der Waals surface area contributed by atoms with Crippen molar-refractivity contribution in [2.45, 2.75) is 30.8 Å². The number of aliphatic carboxylic acids is 1. The van der Waals surface area contributed by atoms with Gasteiger partial charge in [0.2, 0.25) is 0 Å². The molecule has 0 aromatic heterocycles. The third-order valence-electron chi connectivity index (χ3n) is 5.78. The molecule has 1 aliphatic heterocycles. The average Bonchev–Trinajstić information content (AvgIpc) is 3.01. The largest absolute Gasteiger partial charge is 0.549 e. The van der Waals surface area contributed by atoms with Gasteiger partial charge in [0, 0.05) is 31.8 Å². The van der Waals surface area contributed by atoms with E-state index in [0.29, 0.717) is 13.0 Å². The minimum absolute atomic E-state index is 0.00919. The van der Waals surface area contributed by atoms with E-state index in [2.05, 4.69) is 30.0 Å². The molecule has 146 valence electrons. The molecule has 2 atom stereocenters. The first-order valence-electron chi connectivity index (χ1n) is 9.66. The molecule has 1 heterocycles. The molecule has 1 aliphatic carbocycles. The number of carbonyl (C=O) groups excluding carboxylic acids is 2. The number of piperidine rings is 1. The number of fused-ring (bicyclic) bond motifs is 3. The maximum atomic E-state index is 12.8. The Balaban J connectivity index is 1.51. The lowest BCUT2D eigenvalue weighted by atomic mass is 9.97. The standard InChI is InChI=1S/C22H24N2O4/c23-14-9-10-24(12-21(25)26)20(11-14)22(27)28-13-19-17-7-3-1-5-15(17)16-6-2-4-8-18(16)19/h1-8,14,19-20H,9-13,23H2,(H,25,26)/t14-,20-/m0/s1. The third kappa shape index (κ3) is 3.53. The minimum atomic E-state index is -1.18. The lowest BCUT2D eigenvalue weighted by molar-refractivity contribution is -0.428. The van der Waals surface area contributed by atoms with Crippen LogP contribution >= 0.6 is 0 Å². The molecule has 28 heavy (non-hydrogen) atoms. The first-order chi connectivity index (χ1) is 13.5. The van der Waals surface area contributed by atoms with Crippen LogP contribution in [-0.4, -0.2) is 48.6 Å². The van der Waals surface area contributed by atoms with Gasteiger partial charge in [0.25, 0.3) is 0 Å². The second-order valence-electron chi connectivity index (χ2n) is 7.61. The van der Waals surface area contributed by atoms with Crippen LogP contribution in [0.4, 0.5) is 0 Å². The number of carboxylic acid groups (broad SMARTS) is 1. The van der Waals surface area contributed by atoms with E-state index in [1.54, 1.807) is 4.90 Å². The summed E-state index contributed by atoms with van der Waals surface area (Å²) in [7, 11) is 0. The van der Waals surface area contributed by atoms with E-state index in [9.17, 15) is 14.7 Å². The van der Waals surface area contributed by atoms with Gasteiger partial charge in [0.05, 0.1) is 12.0 Å². The number of hydrogen-bond donors (Lipinski definition) is 1. The Hall–Kier alpha value is -2.70. The summed E-state index contributed by atoms with van der Waals surface area (Å²) in [6.45, 7) is 0.489. The lowest BCUT2D eigenvalue weighted by Gasteiger charge is -2.35. The monoisotopic (exact) mass is 380 g/mol. The van der Waals surface area contributed by atoms with Gasteiger partial charge < -0.3 is 20.4 Å². The summed E-state index contributed by atoms with van der Waals surface area (Å²) in [6, 6.07) is 15.9. The summed E-state index contributed by atoms with van der Waals surface area (Å²) in [6.07, 6.45) is 1.27. The summed E-state index contributed by atoms with van der Waals surface area (Å²) in [5, 5.41) is 11.0. The summed E-state index contributed by atoms with van der Waals surface area (Å²) in [5.41, 5.74) is 8.70. The molecule has 2 aliphatic rings. The SMILES string of the molecule is [NH3+][C@H]1CCN(CC(=O)[O-])[C@H](C(=O)OCC2c3ccccc3-c3ccccc32)C1. The highest BCUT2D eigenvalue weighted by atomic mass is 16.5. The van der Waals surface area contributed by atoms with Crippen molar-refractivity contribution in [2.24, 2.45) is 0 Å². The van der Waals surface area contributed by atoms with Crippen molar-refractivity contribution < 1.29 is 25.2 Å². The fourth-order valence-corrected chi connectivity index (χ4v) is 4.39. The first kappa shape index (κ1) is 18.7. The molecule has 0 unspecified atom stereocenters. The van der Waals surface area contributed by atoms with Crippen LogP contribution in [0.3, 0.4) is 0 Å². The van der Waals surface area contributed by atoms with Crippen molar-refractivity contribution in [3.05, 3.63) is 59.7 Å². The topological polar surface area (TPSA) is 97.3 Å². The summed E-state index contributed by atoms with van der Waals surface area (Å²) in [4.78, 5) is 25.5. The van der Waals surface area contributed by atoms with Gasteiger partial charge >= 0.3 is 5.97 Å². The van der Waals surface area contributed by atoms with Crippen LogP contribution < -0.4 is 10.8 Å². The van der Waals surface area contributed by atoms with E-state index in [1.807, 2.05) is 24.3 Å². The van der Waals surface area contributed by atoms with Gasteiger partial charge in [0.15, 0.2) is 0 Å². The van der Waals surface area contributed by atoms with Crippen LogP contribution in [0.1, 0.15) is 29.9 Å². The highest BCUT2D eigenvalue weighted by molar-refractivity contribution is 5.80. The van der Waals surface area contributed by atoms with Crippen molar-refractivity contribution in [2.75, 3.05) is 19.7 Å². The third-order valence-corrected chi connectivity index (χ3v) is 5.78. The van der Waals surface area contributed by atoms with Crippen LogP contribution in [0.15, 0.2) is 48.5 Å². The van der Waals surface area contributed by atoms with Crippen LogP contribution in [0.2, 0.25) is 0 Å².